The lowest BCUT2D eigenvalue weighted by Gasteiger charge is -2.10. The predicted molar refractivity (Wildman–Crippen MR) is 79.9 cm³/mol. The van der Waals surface area contributed by atoms with Gasteiger partial charge in [-0.25, -0.2) is 4.68 Å². The smallest absolute Gasteiger partial charge is 0.0819 e. The van der Waals surface area contributed by atoms with E-state index in [0.717, 1.165) is 12.8 Å². The largest absolute Gasteiger partial charge is 0.233 e. The molecule has 4 rings (SSSR count). The Hall–Kier alpha value is -2.35. The average Bonchev–Trinajstić information content (AvgIpc) is 2.92. The first-order chi connectivity index (χ1) is 9.43. The van der Waals surface area contributed by atoms with Crippen molar-refractivity contribution >= 4 is 27.4 Å². The molecule has 0 aliphatic heterocycles. The van der Waals surface area contributed by atoms with Gasteiger partial charge in [0.15, 0.2) is 0 Å². The fourth-order valence-corrected chi connectivity index (χ4v) is 2.74. The molecule has 1 aliphatic rings. The minimum absolute atomic E-state index is 1.10. The lowest BCUT2D eigenvalue weighted by molar-refractivity contribution is 0.916. The number of allylic oxidation sites excluding steroid dienone is 4. The summed E-state index contributed by atoms with van der Waals surface area (Å²) < 4.78 is 2.06. The topological polar surface area (TPSA) is 17.8 Å². The molecular formula is C17H14N2. The average molecular weight is 246 g/mol. The molecule has 19 heavy (non-hydrogen) atoms. The second kappa shape index (κ2) is 4.09. The molecule has 3 aromatic rings. The van der Waals surface area contributed by atoms with E-state index in [0.29, 0.717) is 0 Å². The van der Waals surface area contributed by atoms with Crippen LogP contribution in [-0.4, -0.2) is 9.78 Å². The third-order valence-corrected chi connectivity index (χ3v) is 3.68. The quantitative estimate of drug-likeness (QED) is 0.623. The molecule has 0 atom stereocenters. The van der Waals surface area contributed by atoms with Crippen LogP contribution in [0.1, 0.15) is 12.8 Å². The van der Waals surface area contributed by atoms with Gasteiger partial charge in [-0.05, 0) is 24.3 Å². The standard InChI is InChI=1S/C17H14N2/c1-2-7-15(8-3-1)19-17-14(12-18-19)11-10-13-6-4-5-9-16(13)17/h2,4-12H,1,3H2. The molecule has 0 radical (unpaired) electrons. The fourth-order valence-electron chi connectivity index (χ4n) is 2.74. The van der Waals surface area contributed by atoms with Crippen LogP contribution < -0.4 is 0 Å². The molecule has 2 heteroatoms. The van der Waals surface area contributed by atoms with Gasteiger partial charge in [-0.2, -0.15) is 5.10 Å². The highest BCUT2D eigenvalue weighted by molar-refractivity contribution is 6.06. The van der Waals surface area contributed by atoms with Gasteiger partial charge in [0.1, 0.15) is 0 Å². The van der Waals surface area contributed by atoms with Gasteiger partial charge < -0.3 is 0 Å². The first-order valence-electron chi connectivity index (χ1n) is 6.66. The Morgan fingerprint density at radius 3 is 2.74 bits per heavy atom. The predicted octanol–water partition coefficient (Wildman–Crippen LogP) is 4.38. The molecule has 0 spiro atoms. The third kappa shape index (κ3) is 1.60. The van der Waals surface area contributed by atoms with Gasteiger partial charge in [0.05, 0.1) is 17.4 Å². The molecule has 2 nitrogen and oxygen atoms in total. The first kappa shape index (κ1) is 10.6. The Morgan fingerprint density at radius 2 is 1.84 bits per heavy atom. The van der Waals surface area contributed by atoms with Crippen LogP contribution in [0.2, 0.25) is 0 Å². The Morgan fingerprint density at radius 1 is 0.947 bits per heavy atom. The fraction of sp³-hybridized carbons (Fsp3) is 0.118. The lowest BCUT2D eigenvalue weighted by atomic mass is 10.1. The van der Waals surface area contributed by atoms with Crippen LogP contribution in [0.15, 0.2) is 60.8 Å². The van der Waals surface area contributed by atoms with Crippen molar-refractivity contribution in [3.63, 3.8) is 0 Å². The molecule has 1 aliphatic carbocycles. The first-order valence-corrected chi connectivity index (χ1v) is 6.66. The number of nitrogens with zero attached hydrogens (tertiary/aromatic N) is 2. The third-order valence-electron chi connectivity index (χ3n) is 3.68. The van der Waals surface area contributed by atoms with Gasteiger partial charge in [-0.3, -0.25) is 0 Å². The van der Waals surface area contributed by atoms with E-state index < -0.39 is 0 Å². The summed E-state index contributed by atoms with van der Waals surface area (Å²) in [5.41, 5.74) is 2.38. The summed E-state index contributed by atoms with van der Waals surface area (Å²) >= 11 is 0. The molecule has 0 unspecified atom stereocenters. The number of aromatic nitrogens is 2. The summed E-state index contributed by atoms with van der Waals surface area (Å²) in [6, 6.07) is 12.8. The van der Waals surface area contributed by atoms with Crippen LogP contribution in [0, 0.1) is 0 Å². The molecule has 1 aromatic heterocycles. The van der Waals surface area contributed by atoms with E-state index in [2.05, 4.69) is 64.4 Å². The van der Waals surface area contributed by atoms with Crippen LogP contribution >= 0.6 is 0 Å². The van der Waals surface area contributed by atoms with Crippen LogP contribution in [0.3, 0.4) is 0 Å². The summed E-state index contributed by atoms with van der Waals surface area (Å²) in [6.45, 7) is 0. The number of hydrogen-bond donors (Lipinski definition) is 0. The molecule has 0 saturated carbocycles. The maximum atomic E-state index is 4.57. The van der Waals surface area contributed by atoms with Crippen molar-refractivity contribution in [3.05, 3.63) is 60.8 Å². The number of fused-ring (bicyclic) bond motifs is 3. The molecule has 92 valence electrons. The second-order valence-electron chi connectivity index (χ2n) is 4.89. The Kier molecular flexibility index (Phi) is 2.27. The van der Waals surface area contributed by atoms with E-state index >= 15 is 0 Å². The summed E-state index contributed by atoms with van der Waals surface area (Å²) in [4.78, 5) is 0. The molecule has 0 N–H and O–H groups in total. The van der Waals surface area contributed by atoms with Crippen molar-refractivity contribution < 1.29 is 0 Å². The van der Waals surface area contributed by atoms with E-state index in [1.807, 2.05) is 6.20 Å². The minimum atomic E-state index is 1.10. The molecule has 0 bridgehead atoms. The van der Waals surface area contributed by atoms with Gasteiger partial charge in [-0.1, -0.05) is 48.6 Å². The second-order valence-corrected chi connectivity index (χ2v) is 4.89. The van der Waals surface area contributed by atoms with Crippen LogP contribution in [-0.2, 0) is 0 Å². The lowest BCUT2D eigenvalue weighted by Crippen LogP contribution is -1.99. The van der Waals surface area contributed by atoms with Crippen LogP contribution in [0.5, 0.6) is 0 Å². The van der Waals surface area contributed by atoms with E-state index in [-0.39, 0.29) is 0 Å². The Balaban J connectivity index is 2.09. The molecule has 0 amide bonds. The Labute approximate surface area is 111 Å². The number of hydrogen-bond acceptors (Lipinski definition) is 1. The summed E-state index contributed by atoms with van der Waals surface area (Å²) in [7, 11) is 0. The van der Waals surface area contributed by atoms with E-state index in [1.54, 1.807) is 0 Å². The molecule has 0 fully saturated rings. The SMILES string of the molecule is C1=CC(n2ncc3ccc4ccccc4c32)=CCC1. The van der Waals surface area contributed by atoms with Crippen LogP contribution in [0.25, 0.3) is 27.4 Å². The van der Waals surface area contributed by atoms with Gasteiger partial charge in [-0.15, -0.1) is 0 Å². The zero-order valence-corrected chi connectivity index (χ0v) is 10.6. The zero-order chi connectivity index (χ0) is 12.7. The van der Waals surface area contributed by atoms with Crippen molar-refractivity contribution in [2.45, 2.75) is 12.8 Å². The van der Waals surface area contributed by atoms with Crippen molar-refractivity contribution in [2.24, 2.45) is 0 Å². The van der Waals surface area contributed by atoms with Gasteiger partial charge in [0.2, 0.25) is 0 Å². The summed E-state index contributed by atoms with van der Waals surface area (Å²) in [5.74, 6) is 0. The summed E-state index contributed by atoms with van der Waals surface area (Å²) in [5, 5.41) is 8.28. The number of benzene rings is 2. The maximum Gasteiger partial charge on any atom is 0.0819 e. The van der Waals surface area contributed by atoms with E-state index in [1.165, 1.54) is 27.4 Å². The van der Waals surface area contributed by atoms with Crippen molar-refractivity contribution in [3.8, 4) is 0 Å². The zero-order valence-electron chi connectivity index (χ0n) is 10.6. The number of rotatable bonds is 1. The highest BCUT2D eigenvalue weighted by atomic mass is 15.3. The minimum Gasteiger partial charge on any atom is -0.233 e. The van der Waals surface area contributed by atoms with Crippen molar-refractivity contribution in [1.29, 1.82) is 0 Å². The van der Waals surface area contributed by atoms with Crippen molar-refractivity contribution in [2.75, 3.05) is 0 Å². The van der Waals surface area contributed by atoms with E-state index in [4.69, 9.17) is 0 Å². The molecule has 1 heterocycles. The monoisotopic (exact) mass is 246 g/mol. The van der Waals surface area contributed by atoms with Crippen molar-refractivity contribution in [1.82, 2.24) is 9.78 Å². The van der Waals surface area contributed by atoms with Gasteiger partial charge in [0, 0.05) is 10.8 Å². The highest BCUT2D eigenvalue weighted by Gasteiger charge is 2.09. The normalized spacial score (nSPS) is 15.1. The summed E-state index contributed by atoms with van der Waals surface area (Å²) in [6.07, 6.45) is 10.8. The van der Waals surface area contributed by atoms with Gasteiger partial charge in [0.25, 0.3) is 0 Å². The highest BCUT2D eigenvalue weighted by Crippen LogP contribution is 2.28. The molecular weight excluding hydrogens is 232 g/mol. The molecule has 2 aromatic carbocycles. The molecule has 0 saturated heterocycles. The van der Waals surface area contributed by atoms with Crippen LogP contribution in [0.4, 0.5) is 0 Å². The van der Waals surface area contributed by atoms with Gasteiger partial charge >= 0.3 is 0 Å². The Bertz CT molecular complexity index is 822. The maximum absolute atomic E-state index is 4.57. The van der Waals surface area contributed by atoms with E-state index in [9.17, 15) is 0 Å².